The monoisotopic (exact) mass is 276 g/mol. The van der Waals surface area contributed by atoms with E-state index in [1.165, 1.54) is 25.7 Å². The average molecular weight is 276 g/mol. The van der Waals surface area contributed by atoms with Gasteiger partial charge in [0.05, 0.1) is 0 Å². The first-order chi connectivity index (χ1) is 9.84. The van der Waals surface area contributed by atoms with Gasteiger partial charge in [0.15, 0.2) is 0 Å². The third-order valence-electron chi connectivity index (χ3n) is 3.69. The van der Waals surface area contributed by atoms with Crippen molar-refractivity contribution in [1.29, 1.82) is 0 Å². The molecule has 1 fully saturated rings. The Hall–Kier alpha value is -1.55. The molecule has 0 saturated heterocycles. The van der Waals surface area contributed by atoms with Crippen LogP contribution in [0.25, 0.3) is 0 Å². The summed E-state index contributed by atoms with van der Waals surface area (Å²) in [6.45, 7) is 2.81. The van der Waals surface area contributed by atoms with Crippen molar-refractivity contribution in [3.05, 3.63) is 35.9 Å². The van der Waals surface area contributed by atoms with Crippen molar-refractivity contribution in [2.75, 3.05) is 19.6 Å². The van der Waals surface area contributed by atoms with Gasteiger partial charge in [-0.25, -0.2) is 4.79 Å². The lowest BCUT2D eigenvalue weighted by molar-refractivity contribution is 0.139. The second-order valence-corrected chi connectivity index (χ2v) is 5.34. The number of hydrogen-bond donors (Lipinski definition) is 2. The van der Waals surface area contributed by atoms with Crippen molar-refractivity contribution >= 4 is 6.09 Å². The number of nitrogens with one attached hydrogen (secondary N) is 2. The maximum Gasteiger partial charge on any atom is 0.407 e. The fraction of sp³-hybridized carbons (Fsp3) is 0.562. The Morgan fingerprint density at radius 1 is 1.15 bits per heavy atom. The Bertz CT molecular complexity index is 389. The maximum atomic E-state index is 11.5. The number of alkyl carbamates (subject to hydrolysis) is 1. The zero-order valence-electron chi connectivity index (χ0n) is 11.9. The Labute approximate surface area is 120 Å². The van der Waals surface area contributed by atoms with Crippen LogP contribution in [0.2, 0.25) is 0 Å². The standard InChI is InChI=1S/C16H24N2O2/c19-16(20-13-15-8-2-1-3-9-15)18-11-10-17-12-14-6-4-5-7-14/h1-3,8-9,14,17H,4-7,10-13H2,(H,18,19). The Morgan fingerprint density at radius 3 is 2.65 bits per heavy atom. The molecule has 110 valence electrons. The van der Waals surface area contributed by atoms with Crippen LogP contribution < -0.4 is 10.6 Å². The summed E-state index contributed by atoms with van der Waals surface area (Å²) >= 11 is 0. The van der Waals surface area contributed by atoms with E-state index in [-0.39, 0.29) is 6.09 Å². The van der Waals surface area contributed by atoms with Gasteiger partial charge in [-0.15, -0.1) is 0 Å². The molecule has 0 bridgehead atoms. The minimum Gasteiger partial charge on any atom is -0.445 e. The number of ether oxygens (including phenoxy) is 1. The lowest BCUT2D eigenvalue weighted by atomic mass is 10.1. The predicted octanol–water partition coefficient (Wildman–Crippen LogP) is 2.69. The first-order valence-corrected chi connectivity index (χ1v) is 7.50. The van der Waals surface area contributed by atoms with Gasteiger partial charge in [0.25, 0.3) is 0 Å². The first kappa shape index (κ1) is 14.9. The minimum atomic E-state index is -0.350. The zero-order valence-corrected chi connectivity index (χ0v) is 11.9. The smallest absolute Gasteiger partial charge is 0.407 e. The minimum absolute atomic E-state index is 0.322. The van der Waals surface area contributed by atoms with Crippen LogP contribution in [0, 0.1) is 5.92 Å². The van der Waals surface area contributed by atoms with E-state index in [4.69, 9.17) is 4.74 Å². The third kappa shape index (κ3) is 5.61. The average Bonchev–Trinajstić information content (AvgIpc) is 2.99. The van der Waals surface area contributed by atoms with E-state index in [1.54, 1.807) is 0 Å². The quantitative estimate of drug-likeness (QED) is 0.753. The van der Waals surface area contributed by atoms with Gasteiger partial charge in [-0.3, -0.25) is 0 Å². The Kier molecular flexibility index (Phi) is 6.38. The van der Waals surface area contributed by atoms with Gasteiger partial charge >= 0.3 is 6.09 Å². The summed E-state index contributed by atoms with van der Waals surface area (Å²) < 4.78 is 5.13. The molecule has 1 amide bonds. The molecule has 1 aromatic carbocycles. The van der Waals surface area contributed by atoms with Gasteiger partial charge in [-0.1, -0.05) is 43.2 Å². The van der Waals surface area contributed by atoms with E-state index in [2.05, 4.69) is 10.6 Å². The molecule has 1 aromatic rings. The van der Waals surface area contributed by atoms with Gasteiger partial charge in [0, 0.05) is 13.1 Å². The molecule has 1 saturated carbocycles. The van der Waals surface area contributed by atoms with Gasteiger partial charge in [-0.2, -0.15) is 0 Å². The predicted molar refractivity (Wildman–Crippen MR) is 79.5 cm³/mol. The summed E-state index contributed by atoms with van der Waals surface area (Å²) in [5, 5.41) is 6.14. The Morgan fingerprint density at radius 2 is 1.90 bits per heavy atom. The highest BCUT2D eigenvalue weighted by molar-refractivity contribution is 5.67. The van der Waals surface area contributed by atoms with E-state index in [9.17, 15) is 4.79 Å². The molecule has 0 atom stereocenters. The number of rotatable bonds is 7. The second kappa shape index (κ2) is 8.59. The second-order valence-electron chi connectivity index (χ2n) is 5.34. The lowest BCUT2D eigenvalue weighted by Gasteiger charge is -2.11. The van der Waals surface area contributed by atoms with Crippen LogP contribution in [0.15, 0.2) is 30.3 Å². The SMILES string of the molecule is O=C(NCCNCC1CCCC1)OCc1ccccc1. The van der Waals surface area contributed by atoms with Gasteiger partial charge in [-0.05, 0) is 30.9 Å². The largest absolute Gasteiger partial charge is 0.445 e. The first-order valence-electron chi connectivity index (χ1n) is 7.50. The van der Waals surface area contributed by atoms with Crippen molar-refractivity contribution in [3.8, 4) is 0 Å². The lowest BCUT2D eigenvalue weighted by Crippen LogP contribution is -2.33. The molecule has 2 N–H and O–H groups in total. The van der Waals surface area contributed by atoms with Crippen LogP contribution in [0.3, 0.4) is 0 Å². The summed E-state index contributed by atoms with van der Waals surface area (Å²) in [4.78, 5) is 11.5. The summed E-state index contributed by atoms with van der Waals surface area (Å²) in [7, 11) is 0. The van der Waals surface area contributed by atoms with E-state index < -0.39 is 0 Å². The molecule has 4 heteroatoms. The fourth-order valence-electron chi connectivity index (χ4n) is 2.55. The summed E-state index contributed by atoms with van der Waals surface area (Å²) in [6, 6.07) is 9.69. The molecular weight excluding hydrogens is 252 g/mol. The number of carbonyl (C=O) groups excluding carboxylic acids is 1. The summed E-state index contributed by atoms with van der Waals surface area (Å²) in [5.41, 5.74) is 1.00. The van der Waals surface area contributed by atoms with Crippen LogP contribution in [0.4, 0.5) is 4.79 Å². The highest BCUT2D eigenvalue weighted by Gasteiger charge is 2.13. The van der Waals surface area contributed by atoms with Crippen molar-refractivity contribution in [1.82, 2.24) is 10.6 Å². The van der Waals surface area contributed by atoms with Gasteiger partial charge < -0.3 is 15.4 Å². The molecule has 2 rings (SSSR count). The van der Waals surface area contributed by atoms with Crippen LogP contribution in [0.1, 0.15) is 31.2 Å². The van der Waals surface area contributed by atoms with E-state index in [0.29, 0.717) is 13.2 Å². The molecule has 0 aromatic heterocycles. The highest BCUT2D eigenvalue weighted by Crippen LogP contribution is 2.23. The number of benzene rings is 1. The van der Waals surface area contributed by atoms with Gasteiger partial charge in [0.1, 0.15) is 6.61 Å². The van der Waals surface area contributed by atoms with Crippen molar-refractivity contribution in [3.63, 3.8) is 0 Å². The van der Waals surface area contributed by atoms with Crippen molar-refractivity contribution in [2.45, 2.75) is 32.3 Å². The molecule has 1 aliphatic carbocycles. The molecule has 4 nitrogen and oxygen atoms in total. The van der Waals surface area contributed by atoms with Crippen molar-refractivity contribution in [2.24, 2.45) is 5.92 Å². The molecule has 0 spiro atoms. The maximum absolute atomic E-state index is 11.5. The highest BCUT2D eigenvalue weighted by atomic mass is 16.5. The van der Waals surface area contributed by atoms with Crippen LogP contribution >= 0.6 is 0 Å². The fourth-order valence-corrected chi connectivity index (χ4v) is 2.55. The van der Waals surface area contributed by atoms with E-state index >= 15 is 0 Å². The molecule has 1 aliphatic rings. The molecule has 0 aliphatic heterocycles. The normalized spacial score (nSPS) is 15.2. The molecule has 0 unspecified atom stereocenters. The van der Waals surface area contributed by atoms with Gasteiger partial charge in [0.2, 0.25) is 0 Å². The summed E-state index contributed by atoms with van der Waals surface area (Å²) in [6.07, 6.45) is 5.09. The molecule has 20 heavy (non-hydrogen) atoms. The number of amides is 1. The van der Waals surface area contributed by atoms with Crippen molar-refractivity contribution < 1.29 is 9.53 Å². The van der Waals surface area contributed by atoms with Crippen LogP contribution in [-0.4, -0.2) is 25.7 Å². The van der Waals surface area contributed by atoms with E-state index in [0.717, 1.165) is 24.6 Å². The topological polar surface area (TPSA) is 50.4 Å². The number of hydrogen-bond acceptors (Lipinski definition) is 3. The number of carbonyl (C=O) groups is 1. The molecular formula is C16H24N2O2. The summed E-state index contributed by atoms with van der Waals surface area (Å²) in [5.74, 6) is 0.833. The molecule has 0 radical (unpaired) electrons. The molecule has 0 heterocycles. The zero-order chi connectivity index (χ0) is 14.0. The van der Waals surface area contributed by atoms with Crippen LogP contribution in [-0.2, 0) is 11.3 Å². The Balaban J connectivity index is 1.47. The van der Waals surface area contributed by atoms with Crippen LogP contribution in [0.5, 0.6) is 0 Å². The van der Waals surface area contributed by atoms with E-state index in [1.807, 2.05) is 30.3 Å². The third-order valence-corrected chi connectivity index (χ3v) is 3.69.